The minimum Gasteiger partial charge on any atom is -0.406 e. The number of alkyl halides is 6. The smallest absolute Gasteiger partial charge is 0.406 e. The Morgan fingerprint density at radius 1 is 1.02 bits per heavy atom. The molecule has 0 fully saturated rings. The fourth-order valence-electron chi connectivity index (χ4n) is 5.04. The maximum atomic E-state index is 13.3. The number of carbonyl (C=O) groups excluding carboxylic acids is 2. The minimum atomic E-state index is -4.78. The number of amides is 2. The Morgan fingerprint density at radius 2 is 1.69 bits per heavy atom. The van der Waals surface area contributed by atoms with Crippen molar-refractivity contribution in [1.29, 1.82) is 0 Å². The molecule has 9 nitrogen and oxygen atoms in total. The zero-order chi connectivity index (χ0) is 37.5. The number of ether oxygens (including phenoxy) is 1. The molecule has 2 amide bonds. The van der Waals surface area contributed by atoms with Gasteiger partial charge in [-0.05, 0) is 85.0 Å². The van der Waals surface area contributed by atoms with Gasteiger partial charge in [0, 0.05) is 37.2 Å². The van der Waals surface area contributed by atoms with Gasteiger partial charge in [0.15, 0.2) is 19.9 Å². The van der Waals surface area contributed by atoms with E-state index in [4.69, 9.17) is 34.8 Å². The van der Waals surface area contributed by atoms with Crippen molar-refractivity contribution in [2.24, 2.45) is 4.99 Å². The molecular formula is C35H36Cl3F3N6O3S. The highest BCUT2D eigenvalue weighted by atomic mass is 35.6. The fourth-order valence-corrected chi connectivity index (χ4v) is 5.98. The van der Waals surface area contributed by atoms with Crippen LogP contribution in [0.3, 0.4) is 0 Å². The number of amidine groups is 1. The number of anilines is 1. The summed E-state index contributed by atoms with van der Waals surface area (Å²) in [4.78, 5) is 36.1. The van der Waals surface area contributed by atoms with Gasteiger partial charge < -0.3 is 15.0 Å². The van der Waals surface area contributed by atoms with Crippen LogP contribution < -0.4 is 15.0 Å². The molecule has 16 heteroatoms. The van der Waals surface area contributed by atoms with E-state index in [0.717, 1.165) is 34.1 Å². The highest BCUT2D eigenvalue weighted by Gasteiger charge is 2.31. The van der Waals surface area contributed by atoms with Crippen LogP contribution in [0.4, 0.5) is 23.7 Å². The molecule has 1 N–H and O–H groups in total. The van der Waals surface area contributed by atoms with Crippen LogP contribution in [0.2, 0.25) is 0 Å². The van der Waals surface area contributed by atoms with Gasteiger partial charge in [-0.2, -0.15) is 4.99 Å². The zero-order valence-corrected chi connectivity index (χ0v) is 31.4. The van der Waals surface area contributed by atoms with Gasteiger partial charge in [0.25, 0.3) is 0 Å². The molecule has 0 saturated heterocycles. The second-order valence-electron chi connectivity index (χ2n) is 12.0. The molecule has 272 valence electrons. The first kappa shape index (κ1) is 40.0. The largest absolute Gasteiger partial charge is 0.573 e. The van der Waals surface area contributed by atoms with Crippen LogP contribution >= 0.6 is 46.6 Å². The lowest BCUT2D eigenvalue weighted by Crippen LogP contribution is -2.37. The second-order valence-corrected chi connectivity index (χ2v) is 15.7. The third kappa shape index (κ3) is 12.4. The van der Waals surface area contributed by atoms with Crippen LogP contribution in [0.5, 0.6) is 5.75 Å². The average Bonchev–Trinajstić information content (AvgIpc) is 3.50. The summed E-state index contributed by atoms with van der Waals surface area (Å²) in [5, 5.41) is 7.22. The Morgan fingerprint density at radius 3 is 2.27 bits per heavy atom. The fraction of sp³-hybridized carbons (Fsp3) is 0.343. The molecule has 0 bridgehead atoms. The molecule has 4 aromatic rings. The normalized spacial score (nSPS) is 12.9. The molecule has 0 aliphatic rings. The highest BCUT2D eigenvalue weighted by molar-refractivity contribution is 8.26. The molecule has 1 aromatic heterocycles. The van der Waals surface area contributed by atoms with Crippen LogP contribution in [-0.4, -0.2) is 53.8 Å². The molecule has 4 rings (SSSR count). The van der Waals surface area contributed by atoms with Gasteiger partial charge in [0.05, 0.1) is 5.69 Å². The summed E-state index contributed by atoms with van der Waals surface area (Å²) < 4.78 is 41.2. The summed E-state index contributed by atoms with van der Waals surface area (Å²) in [7, 11) is 0. The van der Waals surface area contributed by atoms with Crippen molar-refractivity contribution in [3.8, 4) is 22.8 Å². The summed E-state index contributed by atoms with van der Waals surface area (Å²) in [6, 6.07) is 17.7. The first-order chi connectivity index (χ1) is 23.9. The number of carbonyl (C=O) groups is 2. The average molecular weight is 784 g/mol. The van der Waals surface area contributed by atoms with E-state index < -0.39 is 16.2 Å². The number of aryl methyl sites for hydroxylation is 1. The van der Waals surface area contributed by atoms with E-state index in [2.05, 4.69) is 25.1 Å². The summed E-state index contributed by atoms with van der Waals surface area (Å²) in [5.74, 6) is 0.196. The molecule has 0 radical (unpaired) electrons. The molecule has 1 heterocycles. The van der Waals surface area contributed by atoms with Crippen molar-refractivity contribution < 1.29 is 27.5 Å². The number of urea groups is 1. The van der Waals surface area contributed by atoms with Crippen molar-refractivity contribution in [3.05, 3.63) is 89.7 Å². The van der Waals surface area contributed by atoms with Gasteiger partial charge >= 0.3 is 12.4 Å². The van der Waals surface area contributed by atoms with Crippen LogP contribution in [-0.2, 0) is 11.2 Å². The van der Waals surface area contributed by atoms with Gasteiger partial charge in [-0.15, -0.1) is 18.3 Å². The molecule has 0 saturated carbocycles. The molecular weight excluding hydrogens is 748 g/mol. The predicted molar refractivity (Wildman–Crippen MR) is 198 cm³/mol. The van der Waals surface area contributed by atoms with Crippen molar-refractivity contribution in [2.45, 2.75) is 69.6 Å². The lowest BCUT2D eigenvalue weighted by molar-refractivity contribution is -0.274. The quantitative estimate of drug-likeness (QED) is 0.0971. The first-order valence-electron chi connectivity index (χ1n) is 15.8. The SMILES string of the molecule is CC(=O)S/C(=N\C(=O)NC(C)Cc1ccc(-c2ncn(-c3ccc(OC(F)(F)F)cc3)n2)cc1)N(CCC(Cl)(Cl)Cl)c1cc(C)ccc1C(C)C. The summed E-state index contributed by atoms with van der Waals surface area (Å²) >= 11 is 19.2. The van der Waals surface area contributed by atoms with Crippen molar-refractivity contribution in [1.82, 2.24) is 20.1 Å². The van der Waals surface area contributed by atoms with E-state index >= 15 is 0 Å². The van der Waals surface area contributed by atoms with Gasteiger partial charge in [-0.1, -0.05) is 85.0 Å². The Balaban J connectivity index is 1.47. The minimum absolute atomic E-state index is 0.109. The maximum Gasteiger partial charge on any atom is 0.573 e. The molecule has 1 atom stereocenters. The second kappa shape index (κ2) is 17.2. The van der Waals surface area contributed by atoms with Crippen molar-refractivity contribution >= 4 is 68.6 Å². The number of benzene rings is 3. The third-order valence-electron chi connectivity index (χ3n) is 7.33. The van der Waals surface area contributed by atoms with E-state index in [1.54, 1.807) is 4.90 Å². The number of nitrogens with zero attached hydrogens (tertiary/aromatic N) is 5. The van der Waals surface area contributed by atoms with Gasteiger partial charge in [-0.25, -0.2) is 14.5 Å². The number of nitrogens with one attached hydrogen (secondary N) is 1. The van der Waals surface area contributed by atoms with Crippen LogP contribution in [0, 0.1) is 6.92 Å². The third-order valence-corrected chi connectivity index (χ3v) is 8.68. The molecule has 51 heavy (non-hydrogen) atoms. The zero-order valence-electron chi connectivity index (χ0n) is 28.3. The molecule has 3 aromatic carbocycles. The Kier molecular flexibility index (Phi) is 13.5. The molecule has 1 unspecified atom stereocenters. The van der Waals surface area contributed by atoms with Gasteiger partial charge in [0.1, 0.15) is 12.1 Å². The van der Waals surface area contributed by atoms with Crippen molar-refractivity contribution in [3.63, 3.8) is 0 Å². The maximum absolute atomic E-state index is 13.3. The monoisotopic (exact) mass is 782 g/mol. The highest BCUT2D eigenvalue weighted by Crippen LogP contribution is 2.35. The molecule has 0 aliphatic carbocycles. The number of halogens is 6. The number of aromatic nitrogens is 3. The first-order valence-corrected chi connectivity index (χ1v) is 17.7. The Hall–Kier alpha value is -3.78. The van der Waals surface area contributed by atoms with Crippen LogP contribution in [0.25, 0.3) is 17.1 Å². The topological polar surface area (TPSA) is 102 Å². The van der Waals surface area contributed by atoms with Gasteiger partial charge in [-0.3, -0.25) is 4.79 Å². The summed E-state index contributed by atoms with van der Waals surface area (Å²) in [5.41, 5.74) is 4.86. The van der Waals surface area contributed by atoms with E-state index in [-0.39, 0.29) is 41.0 Å². The van der Waals surface area contributed by atoms with E-state index in [9.17, 15) is 22.8 Å². The number of thioether (sulfide) groups is 1. The van der Waals surface area contributed by atoms with Gasteiger partial charge in [0.2, 0.25) is 0 Å². The van der Waals surface area contributed by atoms with Crippen LogP contribution in [0.1, 0.15) is 56.7 Å². The standard InChI is InChI=1S/C35H36Cl3F3N6O3S/c1-21(2)29-15-6-22(3)18-30(29)46(17-16-34(36,37)38)33(51-24(5)48)44-32(49)43-23(4)19-25-7-9-26(10-8-25)31-42-20-47(45-31)27-11-13-28(14-12-27)50-35(39,40)41/h6-15,18,20-21,23H,16-17,19H2,1-5H3,(H,43,49)/b44-33-. The molecule has 0 aliphatic heterocycles. The van der Waals surface area contributed by atoms with Crippen molar-refractivity contribution in [2.75, 3.05) is 11.4 Å². The summed E-state index contributed by atoms with van der Waals surface area (Å²) in [6.07, 6.45) is -2.74. The lowest BCUT2D eigenvalue weighted by atomic mass is 9.98. The lowest BCUT2D eigenvalue weighted by Gasteiger charge is -2.30. The van der Waals surface area contributed by atoms with Crippen LogP contribution in [0.15, 0.2) is 78.0 Å². The number of aliphatic imine (C=N–C) groups is 1. The summed E-state index contributed by atoms with van der Waals surface area (Å²) in [6.45, 7) is 9.45. The Labute approximate surface area is 313 Å². The van der Waals surface area contributed by atoms with E-state index in [1.165, 1.54) is 42.2 Å². The number of hydrogen-bond acceptors (Lipinski definition) is 6. The number of rotatable bonds is 10. The predicted octanol–water partition coefficient (Wildman–Crippen LogP) is 9.81. The molecule has 0 spiro atoms. The Bertz CT molecular complexity index is 1850. The van der Waals surface area contributed by atoms with E-state index in [0.29, 0.717) is 23.5 Å². The van der Waals surface area contributed by atoms with E-state index in [1.807, 2.05) is 70.2 Å². The number of hydrogen-bond donors (Lipinski definition) is 1.